The summed E-state index contributed by atoms with van der Waals surface area (Å²) in [5.74, 6) is 0. The maximum atomic E-state index is 6.25. The SMILES string of the molecule is [C-]#N.[C-]#N.[C-]#N.[C-]#N.[C-]#N.[C-]#N.[NH4+].[NH4+].[Pt+4]. The van der Waals surface area contributed by atoms with E-state index in [4.69, 9.17) is 71.0 Å². The summed E-state index contributed by atoms with van der Waals surface area (Å²) in [6.45, 7) is 28.5. The van der Waals surface area contributed by atoms with Crippen molar-refractivity contribution in [2.24, 2.45) is 0 Å². The second-order valence-corrected chi connectivity index (χ2v) is 0. The van der Waals surface area contributed by atoms with Gasteiger partial charge in [0.2, 0.25) is 0 Å². The van der Waals surface area contributed by atoms with Crippen molar-refractivity contribution in [3.63, 3.8) is 0 Å². The molecule has 0 spiro atoms. The molecular weight excluding hydrogens is 379 g/mol. The predicted molar refractivity (Wildman–Crippen MR) is 41.8 cm³/mol. The summed E-state index contributed by atoms with van der Waals surface area (Å²) in [5.41, 5.74) is 0. The molecule has 0 heterocycles. The average molecular weight is 387 g/mol. The van der Waals surface area contributed by atoms with Crippen molar-refractivity contribution < 1.29 is 21.1 Å². The van der Waals surface area contributed by atoms with E-state index < -0.39 is 0 Å². The van der Waals surface area contributed by atoms with Crippen molar-refractivity contribution in [1.29, 1.82) is 31.6 Å². The van der Waals surface area contributed by atoms with Crippen LogP contribution in [0.1, 0.15) is 0 Å². The molecule has 0 saturated carbocycles. The molecule has 0 saturated heterocycles. The standard InChI is InChI=1S/6CN.2H3N.Pt/c6*1-2;;;/h;;;;;;2*1H3;/q6*-1;;;+4/p+2. The minimum Gasteiger partial charge on any atom is -0.512 e. The Hall–Kier alpha value is -2.45. The number of nitrogens with zero attached hydrogens (tertiary/aromatic N) is 6. The molecule has 0 bridgehead atoms. The van der Waals surface area contributed by atoms with Gasteiger partial charge >= 0.3 is 21.1 Å². The zero-order valence-corrected chi connectivity index (χ0v) is 10.3. The first-order valence-corrected chi connectivity index (χ1v) is 1.34. The van der Waals surface area contributed by atoms with E-state index in [0.29, 0.717) is 0 Å². The minimum atomic E-state index is 0. The smallest absolute Gasteiger partial charge is 0.512 e. The minimum absolute atomic E-state index is 0. The largest absolute Gasteiger partial charge is 4.00 e. The van der Waals surface area contributed by atoms with Crippen molar-refractivity contribution in [1.82, 2.24) is 12.3 Å². The summed E-state index contributed by atoms with van der Waals surface area (Å²) >= 11 is 0. The fourth-order valence-corrected chi connectivity index (χ4v) is 0. The quantitative estimate of drug-likeness (QED) is 0.584. The van der Waals surface area contributed by atoms with Crippen LogP contribution < -0.4 is 12.3 Å². The molecule has 15 heavy (non-hydrogen) atoms. The molecule has 0 rings (SSSR count). The van der Waals surface area contributed by atoms with Crippen molar-refractivity contribution in [3.05, 3.63) is 39.4 Å². The molecule has 9 heteroatoms. The Bertz CT molecular complexity index is 94.2. The third-order valence-corrected chi connectivity index (χ3v) is 0. The normalized spacial score (nSPS) is 0.800. The van der Waals surface area contributed by atoms with Crippen LogP contribution in [0, 0.1) is 71.0 Å². The zero-order valence-electron chi connectivity index (χ0n) is 8.00. The van der Waals surface area contributed by atoms with Gasteiger partial charge in [-0.25, -0.2) is 0 Å². The van der Waals surface area contributed by atoms with E-state index >= 15 is 0 Å². The van der Waals surface area contributed by atoms with E-state index in [0.717, 1.165) is 0 Å². The molecule has 0 aliphatic heterocycles. The maximum absolute atomic E-state index is 6.25. The summed E-state index contributed by atoms with van der Waals surface area (Å²) in [5, 5.41) is 37.5. The Balaban J connectivity index is -0.00000000396. The molecule has 82 valence electrons. The van der Waals surface area contributed by atoms with E-state index in [9.17, 15) is 0 Å². The third-order valence-electron chi connectivity index (χ3n) is 0. The molecule has 0 aromatic heterocycles. The fraction of sp³-hybridized carbons (Fsp3) is 0. The molecule has 0 aromatic rings. The Kier molecular flexibility index (Phi) is 1890. The van der Waals surface area contributed by atoms with Crippen LogP contribution in [0.15, 0.2) is 0 Å². The van der Waals surface area contributed by atoms with Crippen LogP contribution in [0.4, 0.5) is 0 Å². The zero-order chi connectivity index (χ0) is 12.0. The van der Waals surface area contributed by atoms with E-state index in [1.54, 1.807) is 0 Å². The van der Waals surface area contributed by atoms with Gasteiger partial charge in [0.1, 0.15) is 0 Å². The van der Waals surface area contributed by atoms with Crippen LogP contribution >= 0.6 is 0 Å². The van der Waals surface area contributed by atoms with Crippen LogP contribution in [-0.4, -0.2) is 0 Å². The number of hydrogen-bond acceptors (Lipinski definition) is 6. The number of hydrogen-bond donors (Lipinski definition) is 2. The van der Waals surface area contributed by atoms with Gasteiger partial charge in [-0.3, -0.25) is 0 Å². The molecule has 0 atom stereocenters. The van der Waals surface area contributed by atoms with Gasteiger partial charge < -0.3 is 83.3 Å². The molecule has 0 fully saturated rings. The summed E-state index contributed by atoms with van der Waals surface area (Å²) < 4.78 is 0. The number of quaternary nitrogens is 2. The molecule has 0 amide bonds. The summed E-state index contributed by atoms with van der Waals surface area (Å²) in [7, 11) is 0. The molecule has 8 nitrogen and oxygen atoms in total. The predicted octanol–water partition coefficient (Wildman–Crippen LogP) is 1.33. The molecule has 0 unspecified atom stereocenters. The van der Waals surface area contributed by atoms with Gasteiger partial charge in [0.05, 0.1) is 0 Å². The first-order chi connectivity index (χ1) is 6.00. The monoisotopic (exact) mass is 387 g/mol. The van der Waals surface area contributed by atoms with Crippen molar-refractivity contribution in [2.75, 3.05) is 0 Å². The van der Waals surface area contributed by atoms with E-state index in [1.165, 1.54) is 0 Å². The Labute approximate surface area is 105 Å². The molecule has 0 aliphatic rings. The van der Waals surface area contributed by atoms with Gasteiger partial charge in [-0.2, -0.15) is 0 Å². The summed E-state index contributed by atoms with van der Waals surface area (Å²) in [6, 6.07) is 0. The molecule has 0 radical (unpaired) electrons. The van der Waals surface area contributed by atoms with Gasteiger partial charge in [0, 0.05) is 0 Å². The first-order valence-electron chi connectivity index (χ1n) is 1.34. The molecule has 0 aliphatic carbocycles. The number of rotatable bonds is 0. The van der Waals surface area contributed by atoms with Gasteiger partial charge in [-0.05, 0) is 0 Å². The van der Waals surface area contributed by atoms with Crippen LogP contribution in [-0.2, 0) is 21.1 Å². The van der Waals surface area contributed by atoms with E-state index in [1.807, 2.05) is 0 Å². The van der Waals surface area contributed by atoms with Crippen molar-refractivity contribution in [3.8, 4) is 0 Å². The average Bonchev–Trinajstić information content (AvgIpc) is 2.33. The van der Waals surface area contributed by atoms with E-state index in [-0.39, 0.29) is 33.4 Å². The Morgan fingerprint density at radius 2 is 0.333 bits per heavy atom. The Morgan fingerprint density at radius 3 is 0.333 bits per heavy atom. The topological polar surface area (TPSA) is 216 Å². The van der Waals surface area contributed by atoms with Crippen LogP contribution in [0.2, 0.25) is 0 Å². The van der Waals surface area contributed by atoms with Gasteiger partial charge in [-0.1, -0.05) is 0 Å². The molecule has 8 N–H and O–H groups in total. The molecular formula is C6H8N8Pt. The Morgan fingerprint density at radius 1 is 0.333 bits per heavy atom. The van der Waals surface area contributed by atoms with Gasteiger partial charge in [0.25, 0.3) is 0 Å². The summed E-state index contributed by atoms with van der Waals surface area (Å²) in [6.07, 6.45) is 0. The van der Waals surface area contributed by atoms with Crippen molar-refractivity contribution in [2.45, 2.75) is 0 Å². The maximum Gasteiger partial charge on any atom is 4.00 e. The van der Waals surface area contributed by atoms with E-state index in [2.05, 4.69) is 0 Å². The van der Waals surface area contributed by atoms with Crippen LogP contribution in [0.25, 0.3) is 0 Å². The first kappa shape index (κ1) is 133. The summed E-state index contributed by atoms with van der Waals surface area (Å²) in [4.78, 5) is 0. The fourth-order valence-electron chi connectivity index (χ4n) is 0. The second kappa shape index (κ2) is 214. The van der Waals surface area contributed by atoms with Crippen LogP contribution in [0.3, 0.4) is 0 Å². The third kappa shape index (κ3) is 175. The van der Waals surface area contributed by atoms with Crippen molar-refractivity contribution >= 4 is 0 Å². The van der Waals surface area contributed by atoms with Crippen LogP contribution in [0.5, 0.6) is 0 Å². The molecule has 0 aromatic carbocycles. The van der Waals surface area contributed by atoms with Gasteiger partial charge in [0.15, 0.2) is 0 Å². The second-order valence-electron chi connectivity index (χ2n) is 0. The van der Waals surface area contributed by atoms with Gasteiger partial charge in [-0.15, -0.1) is 0 Å².